The molecule has 30 heavy (non-hydrogen) atoms. The summed E-state index contributed by atoms with van der Waals surface area (Å²) in [6, 6.07) is 8.13. The molecule has 7 nitrogen and oxygen atoms in total. The molecular weight excluding hydrogens is 411 g/mol. The van der Waals surface area contributed by atoms with Crippen molar-refractivity contribution in [2.75, 3.05) is 25.0 Å². The summed E-state index contributed by atoms with van der Waals surface area (Å²) in [6.45, 7) is 1.18. The van der Waals surface area contributed by atoms with Gasteiger partial charge in [0, 0.05) is 24.7 Å². The number of nitrogens with zero attached hydrogens (tertiary/aromatic N) is 1. The standard InChI is InChI=1S/C21H23FN2O5S/c1-28-20-8-6-16(13-18(20)22)30(26,27)23-14-5-7-19-17(12-14)21(25)24-10-3-2-4-15(24)9-11-29-19/h5-8,12-13,15,23H,2-4,9-11H2,1H3. The molecule has 1 saturated heterocycles. The summed E-state index contributed by atoms with van der Waals surface area (Å²) in [5.74, 6) is -0.555. The second kappa shape index (κ2) is 8.14. The number of hydrogen-bond donors (Lipinski definition) is 1. The Morgan fingerprint density at radius 1 is 1.17 bits per heavy atom. The second-order valence-electron chi connectivity index (χ2n) is 7.40. The maximum absolute atomic E-state index is 14.0. The fourth-order valence-electron chi connectivity index (χ4n) is 3.94. The van der Waals surface area contributed by atoms with Gasteiger partial charge in [0.05, 0.1) is 24.2 Å². The number of carbonyl (C=O) groups excluding carboxylic acids is 1. The number of methoxy groups -OCH3 is 1. The first-order chi connectivity index (χ1) is 14.4. The number of anilines is 1. The van der Waals surface area contributed by atoms with E-state index in [9.17, 15) is 17.6 Å². The summed E-state index contributed by atoms with van der Waals surface area (Å²) in [6.07, 6.45) is 3.76. The molecule has 1 fully saturated rings. The molecule has 1 amide bonds. The van der Waals surface area contributed by atoms with E-state index in [4.69, 9.17) is 9.47 Å². The smallest absolute Gasteiger partial charge is 0.262 e. The second-order valence-corrected chi connectivity index (χ2v) is 9.08. The lowest BCUT2D eigenvalue weighted by Gasteiger charge is -2.37. The Morgan fingerprint density at radius 2 is 2.00 bits per heavy atom. The number of nitrogens with one attached hydrogen (secondary N) is 1. The lowest BCUT2D eigenvalue weighted by atomic mass is 9.97. The van der Waals surface area contributed by atoms with Crippen LogP contribution in [0.5, 0.6) is 11.5 Å². The fraction of sp³-hybridized carbons (Fsp3) is 0.381. The van der Waals surface area contributed by atoms with Crippen LogP contribution >= 0.6 is 0 Å². The summed E-state index contributed by atoms with van der Waals surface area (Å²) in [7, 11) is -2.76. The van der Waals surface area contributed by atoms with Gasteiger partial charge < -0.3 is 14.4 Å². The Bertz CT molecular complexity index is 1070. The monoisotopic (exact) mass is 434 g/mol. The zero-order valence-corrected chi connectivity index (χ0v) is 17.4. The van der Waals surface area contributed by atoms with Gasteiger partial charge in [0.2, 0.25) is 0 Å². The maximum atomic E-state index is 14.0. The highest BCUT2D eigenvalue weighted by atomic mass is 32.2. The number of piperidine rings is 1. The minimum absolute atomic E-state index is 0.0473. The van der Waals surface area contributed by atoms with E-state index in [-0.39, 0.29) is 28.3 Å². The average molecular weight is 434 g/mol. The highest BCUT2D eigenvalue weighted by Crippen LogP contribution is 2.31. The predicted molar refractivity (Wildman–Crippen MR) is 109 cm³/mol. The Balaban J connectivity index is 1.63. The molecule has 2 heterocycles. The van der Waals surface area contributed by atoms with Crippen molar-refractivity contribution >= 4 is 21.6 Å². The third-order valence-electron chi connectivity index (χ3n) is 5.49. The van der Waals surface area contributed by atoms with Gasteiger partial charge >= 0.3 is 0 Å². The molecular formula is C21H23FN2O5S. The van der Waals surface area contributed by atoms with E-state index in [1.807, 2.05) is 4.90 Å². The third-order valence-corrected chi connectivity index (χ3v) is 6.87. The number of hydrogen-bond acceptors (Lipinski definition) is 5. The van der Waals surface area contributed by atoms with Gasteiger partial charge in [-0.2, -0.15) is 0 Å². The third kappa shape index (κ3) is 3.94. The normalized spacial score (nSPS) is 19.1. The molecule has 4 rings (SSSR count). The topological polar surface area (TPSA) is 84.9 Å². The molecule has 160 valence electrons. The van der Waals surface area contributed by atoms with Crippen molar-refractivity contribution in [1.82, 2.24) is 4.90 Å². The molecule has 2 aliphatic heterocycles. The largest absolute Gasteiger partial charge is 0.494 e. The van der Waals surface area contributed by atoms with Crippen LogP contribution in [0.4, 0.5) is 10.1 Å². The number of ether oxygens (including phenoxy) is 2. The van der Waals surface area contributed by atoms with Gasteiger partial charge in [0.15, 0.2) is 11.6 Å². The van der Waals surface area contributed by atoms with E-state index in [0.29, 0.717) is 24.5 Å². The predicted octanol–water partition coefficient (Wildman–Crippen LogP) is 3.41. The fourth-order valence-corrected chi connectivity index (χ4v) is 5.00. The van der Waals surface area contributed by atoms with Crippen molar-refractivity contribution in [2.24, 2.45) is 0 Å². The molecule has 2 aliphatic rings. The number of fused-ring (bicyclic) bond motifs is 2. The van der Waals surface area contributed by atoms with Gasteiger partial charge in [-0.3, -0.25) is 9.52 Å². The van der Waals surface area contributed by atoms with Gasteiger partial charge in [0.25, 0.3) is 15.9 Å². The van der Waals surface area contributed by atoms with E-state index in [1.165, 1.54) is 31.4 Å². The van der Waals surface area contributed by atoms with Crippen molar-refractivity contribution in [3.63, 3.8) is 0 Å². The van der Waals surface area contributed by atoms with Crippen LogP contribution in [-0.4, -0.2) is 45.5 Å². The number of halogens is 1. The molecule has 0 aromatic heterocycles. The first-order valence-electron chi connectivity index (χ1n) is 9.83. The highest BCUT2D eigenvalue weighted by molar-refractivity contribution is 7.92. The van der Waals surface area contributed by atoms with Gasteiger partial charge in [-0.1, -0.05) is 0 Å². The Morgan fingerprint density at radius 3 is 2.77 bits per heavy atom. The van der Waals surface area contributed by atoms with Crippen LogP contribution in [0.1, 0.15) is 36.0 Å². The summed E-state index contributed by atoms with van der Waals surface area (Å²) in [5.41, 5.74) is 0.527. The van der Waals surface area contributed by atoms with Gasteiger partial charge in [0.1, 0.15) is 5.75 Å². The van der Waals surface area contributed by atoms with Crippen LogP contribution in [0.15, 0.2) is 41.3 Å². The quantitative estimate of drug-likeness (QED) is 0.797. The van der Waals surface area contributed by atoms with Gasteiger partial charge in [-0.25, -0.2) is 12.8 Å². The molecule has 1 N–H and O–H groups in total. The number of benzene rings is 2. The first-order valence-corrected chi connectivity index (χ1v) is 11.3. The van der Waals surface area contributed by atoms with Gasteiger partial charge in [-0.05, 0) is 55.7 Å². The van der Waals surface area contributed by atoms with Crippen LogP contribution in [0.3, 0.4) is 0 Å². The van der Waals surface area contributed by atoms with Gasteiger partial charge in [-0.15, -0.1) is 0 Å². The van der Waals surface area contributed by atoms with Crippen molar-refractivity contribution in [1.29, 1.82) is 0 Å². The van der Waals surface area contributed by atoms with Crippen molar-refractivity contribution < 1.29 is 27.1 Å². The highest BCUT2D eigenvalue weighted by Gasteiger charge is 2.31. The van der Waals surface area contributed by atoms with Crippen molar-refractivity contribution in [3.8, 4) is 11.5 Å². The summed E-state index contributed by atoms with van der Waals surface area (Å²) in [5, 5.41) is 0. The molecule has 0 aliphatic carbocycles. The summed E-state index contributed by atoms with van der Waals surface area (Å²) < 4.78 is 52.4. The van der Waals surface area contributed by atoms with E-state index < -0.39 is 15.8 Å². The minimum atomic E-state index is -4.06. The number of carbonyl (C=O) groups is 1. The van der Waals surface area contributed by atoms with Crippen LogP contribution in [0, 0.1) is 5.82 Å². The zero-order valence-electron chi connectivity index (χ0n) is 16.6. The lowest BCUT2D eigenvalue weighted by molar-refractivity contribution is 0.0548. The number of sulfonamides is 1. The Kier molecular flexibility index (Phi) is 5.55. The Hall–Kier alpha value is -2.81. The maximum Gasteiger partial charge on any atom is 0.262 e. The van der Waals surface area contributed by atoms with Crippen LogP contribution in [-0.2, 0) is 10.0 Å². The molecule has 2 aromatic carbocycles. The van der Waals surface area contributed by atoms with Crippen LogP contribution in [0.2, 0.25) is 0 Å². The molecule has 1 atom stereocenters. The van der Waals surface area contributed by atoms with Crippen molar-refractivity contribution in [3.05, 3.63) is 47.8 Å². The van der Waals surface area contributed by atoms with E-state index in [2.05, 4.69) is 4.72 Å². The summed E-state index contributed by atoms with van der Waals surface area (Å²) in [4.78, 5) is 14.8. The zero-order chi connectivity index (χ0) is 21.3. The van der Waals surface area contributed by atoms with Crippen LogP contribution < -0.4 is 14.2 Å². The first kappa shape index (κ1) is 20.5. The molecule has 2 aromatic rings. The lowest BCUT2D eigenvalue weighted by Crippen LogP contribution is -2.45. The summed E-state index contributed by atoms with van der Waals surface area (Å²) >= 11 is 0. The van der Waals surface area contributed by atoms with Crippen LogP contribution in [0.25, 0.3) is 0 Å². The van der Waals surface area contributed by atoms with E-state index in [0.717, 1.165) is 31.7 Å². The minimum Gasteiger partial charge on any atom is -0.494 e. The van der Waals surface area contributed by atoms with E-state index in [1.54, 1.807) is 6.07 Å². The molecule has 0 radical (unpaired) electrons. The molecule has 0 bridgehead atoms. The molecule has 1 unspecified atom stereocenters. The molecule has 0 spiro atoms. The number of rotatable bonds is 4. The number of amides is 1. The van der Waals surface area contributed by atoms with E-state index >= 15 is 0 Å². The average Bonchev–Trinajstić information content (AvgIpc) is 2.73. The van der Waals surface area contributed by atoms with Crippen molar-refractivity contribution in [2.45, 2.75) is 36.6 Å². The Labute approximate surface area is 174 Å². The molecule has 9 heteroatoms. The molecule has 0 saturated carbocycles. The SMILES string of the molecule is COc1ccc(S(=O)(=O)Nc2ccc3c(c2)C(=O)N2CCCCC2CCO3)cc1F.